The molecule has 3 nitrogen and oxygen atoms in total. The molecule has 4 rings (SSSR count). The van der Waals surface area contributed by atoms with Gasteiger partial charge in [0.05, 0.1) is 5.56 Å². The SMILES string of the molecule is CCC(F)CCn1cc(C(=O)Nc2cccc3ccccc23)c2ccccc21. The first-order valence-corrected chi connectivity index (χ1v) is 9.68. The Hall–Kier alpha value is -3.14. The van der Waals surface area contributed by atoms with Gasteiger partial charge < -0.3 is 9.88 Å². The summed E-state index contributed by atoms with van der Waals surface area (Å²) in [5, 5.41) is 6.02. The quantitative estimate of drug-likeness (QED) is 0.429. The molecule has 0 saturated heterocycles. The number of aryl methyl sites for hydroxylation is 1. The Morgan fingerprint density at radius 2 is 1.71 bits per heavy atom. The van der Waals surface area contributed by atoms with Crippen molar-refractivity contribution in [1.82, 2.24) is 4.57 Å². The van der Waals surface area contributed by atoms with E-state index >= 15 is 0 Å². The molecule has 4 heteroatoms. The number of amides is 1. The monoisotopic (exact) mass is 374 g/mol. The van der Waals surface area contributed by atoms with Gasteiger partial charge in [0.2, 0.25) is 0 Å². The second kappa shape index (κ2) is 7.85. The van der Waals surface area contributed by atoms with Gasteiger partial charge in [-0.3, -0.25) is 4.79 Å². The second-order valence-electron chi connectivity index (χ2n) is 7.03. The average Bonchev–Trinajstić information content (AvgIpc) is 3.11. The smallest absolute Gasteiger partial charge is 0.257 e. The van der Waals surface area contributed by atoms with Crippen molar-refractivity contribution in [1.29, 1.82) is 0 Å². The molecule has 1 aromatic heterocycles. The van der Waals surface area contributed by atoms with Crippen LogP contribution in [-0.2, 0) is 6.54 Å². The zero-order chi connectivity index (χ0) is 19.5. The van der Waals surface area contributed by atoms with Crippen LogP contribution in [-0.4, -0.2) is 16.6 Å². The van der Waals surface area contributed by atoms with Crippen LogP contribution >= 0.6 is 0 Å². The number of hydrogen-bond acceptors (Lipinski definition) is 1. The number of aromatic nitrogens is 1. The molecule has 1 amide bonds. The second-order valence-corrected chi connectivity index (χ2v) is 7.03. The maximum atomic E-state index is 13.7. The summed E-state index contributed by atoms with van der Waals surface area (Å²) in [7, 11) is 0. The number of anilines is 1. The summed E-state index contributed by atoms with van der Waals surface area (Å²) < 4.78 is 15.7. The van der Waals surface area contributed by atoms with Crippen LogP contribution in [0, 0.1) is 0 Å². The number of carbonyl (C=O) groups excluding carboxylic acids is 1. The number of carbonyl (C=O) groups is 1. The first kappa shape index (κ1) is 18.2. The molecule has 0 aliphatic rings. The lowest BCUT2D eigenvalue weighted by Gasteiger charge is -2.08. The molecule has 0 fully saturated rings. The van der Waals surface area contributed by atoms with Crippen molar-refractivity contribution in [3.8, 4) is 0 Å². The summed E-state index contributed by atoms with van der Waals surface area (Å²) in [4.78, 5) is 13.1. The van der Waals surface area contributed by atoms with Crippen molar-refractivity contribution in [3.05, 3.63) is 78.5 Å². The number of halogens is 1. The van der Waals surface area contributed by atoms with Gasteiger partial charge in [0.1, 0.15) is 6.17 Å². The summed E-state index contributed by atoms with van der Waals surface area (Å²) in [5.41, 5.74) is 2.35. The summed E-state index contributed by atoms with van der Waals surface area (Å²) in [5.74, 6) is -0.154. The van der Waals surface area contributed by atoms with Crippen LogP contribution in [0.4, 0.5) is 10.1 Å². The highest BCUT2D eigenvalue weighted by atomic mass is 19.1. The van der Waals surface area contributed by atoms with Crippen LogP contribution in [0.1, 0.15) is 30.1 Å². The highest BCUT2D eigenvalue weighted by Gasteiger charge is 2.16. The molecular weight excluding hydrogens is 351 g/mol. The predicted molar refractivity (Wildman–Crippen MR) is 114 cm³/mol. The van der Waals surface area contributed by atoms with Gasteiger partial charge in [0.15, 0.2) is 0 Å². The van der Waals surface area contributed by atoms with Crippen LogP contribution in [0.25, 0.3) is 21.7 Å². The largest absolute Gasteiger partial charge is 0.347 e. The lowest BCUT2D eigenvalue weighted by molar-refractivity contribution is 0.102. The molecule has 0 radical (unpaired) electrons. The summed E-state index contributed by atoms with van der Waals surface area (Å²) in [6.45, 7) is 2.40. The standard InChI is InChI=1S/C24H23FN2O/c1-2-18(25)14-15-27-16-21(20-11-5-6-13-23(20)27)24(28)26-22-12-7-9-17-8-3-4-10-19(17)22/h3-13,16,18H,2,14-15H2,1H3,(H,26,28). The summed E-state index contributed by atoms with van der Waals surface area (Å²) in [6, 6.07) is 21.6. The number of nitrogens with zero attached hydrogens (tertiary/aromatic N) is 1. The van der Waals surface area contributed by atoms with Gasteiger partial charge in [-0.2, -0.15) is 0 Å². The van der Waals surface area contributed by atoms with Gasteiger partial charge in [-0.25, -0.2) is 4.39 Å². The molecule has 1 unspecified atom stereocenters. The highest BCUT2D eigenvalue weighted by molar-refractivity contribution is 6.15. The van der Waals surface area contributed by atoms with E-state index in [2.05, 4.69) is 5.32 Å². The van der Waals surface area contributed by atoms with Gasteiger partial charge >= 0.3 is 0 Å². The fourth-order valence-electron chi connectivity index (χ4n) is 3.62. The molecule has 142 valence electrons. The van der Waals surface area contributed by atoms with Crippen LogP contribution in [0.15, 0.2) is 72.9 Å². The average molecular weight is 374 g/mol. The van der Waals surface area contributed by atoms with Crippen molar-refractivity contribution in [2.24, 2.45) is 0 Å². The van der Waals surface area contributed by atoms with E-state index in [1.54, 1.807) is 0 Å². The Balaban J connectivity index is 1.67. The van der Waals surface area contributed by atoms with Crippen molar-refractivity contribution < 1.29 is 9.18 Å². The zero-order valence-corrected chi connectivity index (χ0v) is 15.9. The molecule has 0 saturated carbocycles. The maximum Gasteiger partial charge on any atom is 0.257 e. The maximum absolute atomic E-state index is 13.7. The Bertz CT molecular complexity index is 1130. The van der Waals surface area contributed by atoms with E-state index < -0.39 is 6.17 Å². The number of alkyl halides is 1. The Labute approximate surface area is 163 Å². The minimum Gasteiger partial charge on any atom is -0.347 e. The van der Waals surface area contributed by atoms with Crippen LogP contribution in [0.5, 0.6) is 0 Å². The third-order valence-electron chi connectivity index (χ3n) is 5.20. The topological polar surface area (TPSA) is 34.0 Å². The van der Waals surface area contributed by atoms with E-state index in [4.69, 9.17) is 0 Å². The highest BCUT2D eigenvalue weighted by Crippen LogP contribution is 2.26. The van der Waals surface area contributed by atoms with E-state index in [1.165, 1.54) is 0 Å². The molecule has 4 aromatic rings. The van der Waals surface area contributed by atoms with Crippen molar-refractivity contribution in [2.75, 3.05) is 5.32 Å². The van der Waals surface area contributed by atoms with Gasteiger partial charge in [0, 0.05) is 34.7 Å². The number of nitrogens with one attached hydrogen (secondary N) is 1. The molecular formula is C24H23FN2O. The zero-order valence-electron chi connectivity index (χ0n) is 15.9. The van der Waals surface area contributed by atoms with Crippen molar-refractivity contribution >= 4 is 33.3 Å². The summed E-state index contributed by atoms with van der Waals surface area (Å²) in [6.07, 6.45) is 1.97. The number of hydrogen-bond donors (Lipinski definition) is 1. The van der Waals surface area contributed by atoms with Gasteiger partial charge in [-0.1, -0.05) is 61.5 Å². The Kier molecular flexibility index (Phi) is 5.11. The lowest BCUT2D eigenvalue weighted by atomic mass is 10.1. The van der Waals surface area contributed by atoms with E-state index in [9.17, 15) is 9.18 Å². The number of benzene rings is 3. The van der Waals surface area contributed by atoms with Gasteiger partial charge in [-0.05, 0) is 30.4 Å². The third-order valence-corrected chi connectivity index (χ3v) is 5.20. The number of rotatable bonds is 6. The molecule has 0 aliphatic carbocycles. The molecule has 1 N–H and O–H groups in total. The van der Waals surface area contributed by atoms with Crippen LogP contribution in [0.2, 0.25) is 0 Å². The first-order valence-electron chi connectivity index (χ1n) is 9.68. The molecule has 1 atom stereocenters. The van der Waals surface area contributed by atoms with Crippen LogP contribution < -0.4 is 5.32 Å². The van der Waals surface area contributed by atoms with E-state index in [-0.39, 0.29) is 5.91 Å². The van der Waals surface area contributed by atoms with E-state index in [1.807, 2.05) is 84.4 Å². The molecule has 0 spiro atoms. The first-order chi connectivity index (χ1) is 13.7. The molecule has 0 aliphatic heterocycles. The van der Waals surface area contributed by atoms with Crippen LogP contribution in [0.3, 0.4) is 0 Å². The summed E-state index contributed by atoms with van der Waals surface area (Å²) >= 11 is 0. The fraction of sp³-hybridized carbons (Fsp3) is 0.208. The Morgan fingerprint density at radius 1 is 1.00 bits per heavy atom. The number of para-hydroxylation sites is 1. The Morgan fingerprint density at radius 3 is 2.54 bits per heavy atom. The third kappa shape index (κ3) is 3.50. The predicted octanol–water partition coefficient (Wildman–Crippen LogP) is 6.19. The molecule has 3 aromatic carbocycles. The van der Waals surface area contributed by atoms with Gasteiger partial charge in [0.25, 0.3) is 5.91 Å². The lowest BCUT2D eigenvalue weighted by Crippen LogP contribution is -2.12. The van der Waals surface area contributed by atoms with Crippen molar-refractivity contribution in [3.63, 3.8) is 0 Å². The van der Waals surface area contributed by atoms with Crippen molar-refractivity contribution in [2.45, 2.75) is 32.5 Å². The minimum atomic E-state index is -0.825. The number of fused-ring (bicyclic) bond motifs is 2. The molecule has 28 heavy (non-hydrogen) atoms. The van der Waals surface area contributed by atoms with Gasteiger partial charge in [-0.15, -0.1) is 0 Å². The van der Waals surface area contributed by atoms with E-state index in [0.717, 1.165) is 27.4 Å². The minimum absolute atomic E-state index is 0.154. The molecule has 1 heterocycles. The molecule has 0 bridgehead atoms. The fourth-order valence-corrected chi connectivity index (χ4v) is 3.62. The normalized spacial score (nSPS) is 12.4. The van der Waals surface area contributed by atoms with E-state index in [0.29, 0.717) is 24.9 Å².